The second-order valence-corrected chi connectivity index (χ2v) is 9.65. The van der Waals surface area contributed by atoms with E-state index in [9.17, 15) is 9.59 Å². The average molecular weight is 505 g/mol. The number of hydrogen-bond donors (Lipinski definition) is 0. The largest absolute Gasteiger partial charge is 0.462 e. The van der Waals surface area contributed by atoms with Crippen molar-refractivity contribution in [3.63, 3.8) is 0 Å². The molecular formula is C30H52N2O4. The molecule has 0 N–H and O–H groups in total. The fourth-order valence-corrected chi connectivity index (χ4v) is 4.01. The molecule has 0 aliphatic carbocycles. The Kier molecular flexibility index (Phi) is 18.9. The highest BCUT2D eigenvalue weighted by molar-refractivity contribution is 5.93. The minimum atomic E-state index is -0.345. The number of nitrogens with zero attached hydrogens (tertiary/aromatic N) is 2. The van der Waals surface area contributed by atoms with Gasteiger partial charge in [-0.1, -0.05) is 53.4 Å². The first-order valence-corrected chi connectivity index (χ1v) is 14.4. The van der Waals surface area contributed by atoms with Crippen LogP contribution < -0.4 is 0 Å². The molecule has 0 atom stereocenters. The summed E-state index contributed by atoms with van der Waals surface area (Å²) in [5.41, 5.74) is 0.922. The Morgan fingerprint density at radius 2 is 0.806 bits per heavy atom. The van der Waals surface area contributed by atoms with Crippen molar-refractivity contribution in [1.82, 2.24) is 9.80 Å². The average Bonchev–Trinajstić information content (AvgIpc) is 2.90. The van der Waals surface area contributed by atoms with E-state index in [0.717, 1.165) is 52.1 Å². The van der Waals surface area contributed by atoms with E-state index in [1.807, 2.05) is 0 Å². The van der Waals surface area contributed by atoms with E-state index in [1.54, 1.807) is 24.3 Å². The van der Waals surface area contributed by atoms with Crippen LogP contribution in [0.1, 0.15) is 113 Å². The molecule has 0 unspecified atom stereocenters. The smallest absolute Gasteiger partial charge is 0.338 e. The van der Waals surface area contributed by atoms with Crippen molar-refractivity contribution in [2.75, 3.05) is 52.5 Å². The fraction of sp³-hybridized carbons (Fsp3) is 0.733. The second-order valence-electron chi connectivity index (χ2n) is 9.65. The normalized spacial score (nSPS) is 11.3. The summed E-state index contributed by atoms with van der Waals surface area (Å²) in [6.45, 7) is 16.0. The van der Waals surface area contributed by atoms with Crippen molar-refractivity contribution < 1.29 is 19.1 Å². The van der Waals surface area contributed by atoms with E-state index in [1.165, 1.54) is 51.4 Å². The molecule has 1 aromatic rings. The molecular weight excluding hydrogens is 452 g/mol. The minimum absolute atomic E-state index is 0.345. The molecule has 0 aliphatic heterocycles. The first-order chi connectivity index (χ1) is 17.5. The Balaban J connectivity index is 2.36. The highest BCUT2D eigenvalue weighted by atomic mass is 16.5. The predicted octanol–water partition coefficient (Wildman–Crippen LogP) is 6.58. The Morgan fingerprint density at radius 1 is 0.528 bits per heavy atom. The van der Waals surface area contributed by atoms with Crippen molar-refractivity contribution in [3.8, 4) is 0 Å². The molecule has 36 heavy (non-hydrogen) atoms. The molecule has 1 aromatic carbocycles. The van der Waals surface area contributed by atoms with Gasteiger partial charge in [-0.15, -0.1) is 0 Å². The Bertz CT molecular complexity index is 618. The first kappa shape index (κ1) is 32.1. The van der Waals surface area contributed by atoms with Crippen LogP contribution in [-0.4, -0.2) is 74.2 Å². The summed E-state index contributed by atoms with van der Waals surface area (Å²) in [7, 11) is 0. The zero-order valence-corrected chi connectivity index (χ0v) is 23.6. The van der Waals surface area contributed by atoms with Crippen LogP contribution in [0.15, 0.2) is 24.3 Å². The maximum absolute atomic E-state index is 12.4. The van der Waals surface area contributed by atoms with Crippen LogP contribution in [0.25, 0.3) is 0 Å². The summed E-state index contributed by atoms with van der Waals surface area (Å²) in [5, 5.41) is 0. The third kappa shape index (κ3) is 14.6. The Labute approximate surface area is 220 Å². The molecule has 6 nitrogen and oxygen atoms in total. The monoisotopic (exact) mass is 504 g/mol. The zero-order chi connectivity index (χ0) is 26.4. The molecule has 0 fully saturated rings. The van der Waals surface area contributed by atoms with Gasteiger partial charge < -0.3 is 19.3 Å². The molecule has 206 valence electrons. The predicted molar refractivity (Wildman–Crippen MR) is 149 cm³/mol. The van der Waals surface area contributed by atoms with Gasteiger partial charge in [-0.25, -0.2) is 9.59 Å². The van der Waals surface area contributed by atoms with E-state index >= 15 is 0 Å². The van der Waals surface area contributed by atoms with Crippen molar-refractivity contribution >= 4 is 11.9 Å². The van der Waals surface area contributed by atoms with Crippen LogP contribution in [0.4, 0.5) is 0 Å². The summed E-state index contributed by atoms with van der Waals surface area (Å²) >= 11 is 0. The molecule has 0 amide bonds. The molecule has 1 rings (SSSR count). The quantitative estimate of drug-likeness (QED) is 0.131. The minimum Gasteiger partial charge on any atom is -0.462 e. The first-order valence-electron chi connectivity index (χ1n) is 14.4. The van der Waals surface area contributed by atoms with Crippen molar-refractivity contribution in [2.24, 2.45) is 0 Å². The molecule has 0 saturated heterocycles. The zero-order valence-electron chi connectivity index (χ0n) is 23.6. The molecule has 0 spiro atoms. The maximum atomic E-state index is 12.4. The lowest BCUT2D eigenvalue weighted by Gasteiger charge is -2.21. The van der Waals surface area contributed by atoms with Gasteiger partial charge in [0.25, 0.3) is 0 Å². The summed E-state index contributed by atoms with van der Waals surface area (Å²) in [4.78, 5) is 29.7. The number of benzene rings is 1. The topological polar surface area (TPSA) is 59.1 Å². The van der Waals surface area contributed by atoms with Gasteiger partial charge in [-0.05, 0) is 89.0 Å². The van der Waals surface area contributed by atoms with Crippen molar-refractivity contribution in [2.45, 2.75) is 91.9 Å². The van der Waals surface area contributed by atoms with Crippen LogP contribution in [0, 0.1) is 0 Å². The van der Waals surface area contributed by atoms with Gasteiger partial charge in [0.1, 0.15) is 0 Å². The van der Waals surface area contributed by atoms with E-state index in [4.69, 9.17) is 9.47 Å². The Hall–Kier alpha value is -1.92. The number of carbonyl (C=O) groups is 2. The lowest BCUT2D eigenvalue weighted by atomic mass is 10.1. The maximum Gasteiger partial charge on any atom is 0.338 e. The number of rotatable bonds is 22. The molecule has 0 heterocycles. The van der Waals surface area contributed by atoms with Gasteiger partial charge in [0.2, 0.25) is 0 Å². The lowest BCUT2D eigenvalue weighted by molar-refractivity contribution is 0.0473. The molecule has 0 radical (unpaired) electrons. The van der Waals surface area contributed by atoms with Gasteiger partial charge in [0.05, 0.1) is 24.3 Å². The molecule has 0 saturated carbocycles. The van der Waals surface area contributed by atoms with E-state index in [0.29, 0.717) is 24.3 Å². The molecule has 0 bridgehead atoms. The van der Waals surface area contributed by atoms with Crippen molar-refractivity contribution in [1.29, 1.82) is 0 Å². The highest BCUT2D eigenvalue weighted by Gasteiger charge is 2.12. The third-order valence-corrected chi connectivity index (χ3v) is 6.37. The summed E-state index contributed by atoms with van der Waals surface area (Å²) in [6.07, 6.45) is 11.2. The SMILES string of the molecule is CCCCN(CCCC)CCCOC(=O)c1ccc(C(=O)OCCCN(CCCC)CCCC)cc1. The number of esters is 2. The van der Waals surface area contributed by atoms with E-state index in [2.05, 4.69) is 37.5 Å². The third-order valence-electron chi connectivity index (χ3n) is 6.37. The van der Waals surface area contributed by atoms with Crippen molar-refractivity contribution in [3.05, 3.63) is 35.4 Å². The van der Waals surface area contributed by atoms with Gasteiger partial charge in [-0.2, -0.15) is 0 Å². The lowest BCUT2D eigenvalue weighted by Crippen LogP contribution is -2.28. The molecule has 6 heteroatoms. The van der Waals surface area contributed by atoms with Gasteiger partial charge in [0, 0.05) is 13.1 Å². The van der Waals surface area contributed by atoms with Crippen LogP contribution >= 0.6 is 0 Å². The molecule has 0 aliphatic rings. The second kappa shape index (κ2) is 21.2. The van der Waals surface area contributed by atoms with E-state index in [-0.39, 0.29) is 11.9 Å². The Morgan fingerprint density at radius 3 is 1.08 bits per heavy atom. The number of hydrogen-bond acceptors (Lipinski definition) is 6. The van der Waals surface area contributed by atoms with Crippen LogP contribution in [0.3, 0.4) is 0 Å². The van der Waals surface area contributed by atoms with Crippen LogP contribution in [-0.2, 0) is 9.47 Å². The van der Waals surface area contributed by atoms with E-state index < -0.39 is 0 Å². The van der Waals surface area contributed by atoms with Crippen LogP contribution in [0.5, 0.6) is 0 Å². The highest BCUT2D eigenvalue weighted by Crippen LogP contribution is 2.09. The van der Waals surface area contributed by atoms with Crippen LogP contribution in [0.2, 0.25) is 0 Å². The number of carbonyl (C=O) groups excluding carboxylic acids is 2. The number of ether oxygens (including phenoxy) is 2. The fourth-order valence-electron chi connectivity index (χ4n) is 4.01. The molecule has 0 aromatic heterocycles. The van der Waals surface area contributed by atoms with Gasteiger partial charge >= 0.3 is 11.9 Å². The summed E-state index contributed by atoms with van der Waals surface area (Å²) < 4.78 is 10.9. The summed E-state index contributed by atoms with van der Waals surface area (Å²) in [5.74, 6) is -0.689. The van der Waals surface area contributed by atoms with Gasteiger partial charge in [-0.3, -0.25) is 0 Å². The number of unbranched alkanes of at least 4 members (excludes halogenated alkanes) is 4. The standard InChI is InChI=1S/C30H52N2O4/c1-5-9-19-31(20-10-6-2)23-13-25-35-29(33)27-15-17-28(18-16-27)30(34)36-26-14-24-32(21-11-7-3)22-12-8-4/h15-18H,5-14,19-26H2,1-4H3. The van der Waals surface area contributed by atoms with Gasteiger partial charge in [0.15, 0.2) is 0 Å². The summed E-state index contributed by atoms with van der Waals surface area (Å²) in [6, 6.07) is 6.58.